The van der Waals surface area contributed by atoms with E-state index in [1.165, 1.54) is 0 Å². The van der Waals surface area contributed by atoms with Crippen LogP contribution in [0.1, 0.15) is 96.9 Å². The number of rotatable bonds is 12. The van der Waals surface area contributed by atoms with Gasteiger partial charge in [0.15, 0.2) is 0 Å². The number of benzene rings is 2. The van der Waals surface area contributed by atoms with E-state index in [1.807, 2.05) is 82.3 Å². The molecule has 2 rings (SSSR count). The number of carbonyl (C=O) groups excluding carboxylic acids is 3. The topological polar surface area (TPSA) is 87.7 Å². The van der Waals surface area contributed by atoms with Gasteiger partial charge in [-0.2, -0.15) is 0 Å². The number of amides is 3. The number of hydrogen-bond acceptors (Lipinski definition) is 4. The highest BCUT2D eigenvalue weighted by molar-refractivity contribution is 5.92. The van der Waals surface area contributed by atoms with Gasteiger partial charge >= 0.3 is 6.09 Å². The minimum atomic E-state index is -0.919. The predicted octanol–water partition coefficient (Wildman–Crippen LogP) is 6.50. The first-order valence-corrected chi connectivity index (χ1v) is 14.4. The Morgan fingerprint density at radius 2 is 1.50 bits per heavy atom. The second-order valence-electron chi connectivity index (χ2n) is 12.5. The van der Waals surface area contributed by atoms with Crippen LogP contribution in [0.15, 0.2) is 54.6 Å². The molecule has 3 amide bonds. The quantitative estimate of drug-likeness (QED) is 0.295. The highest BCUT2D eigenvalue weighted by Crippen LogP contribution is 2.27. The van der Waals surface area contributed by atoms with E-state index in [0.29, 0.717) is 6.54 Å². The summed E-state index contributed by atoms with van der Waals surface area (Å²) in [6.45, 7) is 15.6. The van der Waals surface area contributed by atoms with Crippen molar-refractivity contribution in [3.05, 3.63) is 71.3 Å². The summed E-state index contributed by atoms with van der Waals surface area (Å²) in [7, 11) is 0. The molecule has 2 aromatic carbocycles. The maximum atomic E-state index is 14.5. The van der Waals surface area contributed by atoms with Crippen molar-refractivity contribution in [1.29, 1.82) is 0 Å². The smallest absolute Gasteiger partial charge is 0.408 e. The Labute approximate surface area is 241 Å². The fraction of sp³-hybridized carbons (Fsp3) is 0.545. The van der Waals surface area contributed by atoms with E-state index in [1.54, 1.807) is 25.7 Å². The second kappa shape index (κ2) is 14.9. The van der Waals surface area contributed by atoms with Gasteiger partial charge < -0.3 is 20.3 Å². The molecule has 0 saturated carbocycles. The molecule has 0 aromatic heterocycles. The average Bonchev–Trinajstić information content (AvgIpc) is 2.84. The maximum absolute atomic E-state index is 14.5. The molecule has 0 aliphatic rings. The standard InChI is InChI=1S/C33H49N3O4/c1-9-10-11-17-22-36(28(29(37)35-32(3,4)5)26-21-16-15-18-24(26)2)30(38)27(23-25-19-13-12-14-20-25)34-31(39)40-33(6,7)8/h12-16,18-21,27-28H,9-11,17,22-23H2,1-8H3,(H,34,39)(H,35,37). The largest absolute Gasteiger partial charge is 0.444 e. The molecular weight excluding hydrogens is 502 g/mol. The minimum absolute atomic E-state index is 0.249. The Balaban J connectivity index is 2.58. The molecule has 220 valence electrons. The van der Waals surface area contributed by atoms with Crippen molar-refractivity contribution < 1.29 is 19.1 Å². The lowest BCUT2D eigenvalue weighted by Gasteiger charge is -2.36. The zero-order chi connectivity index (χ0) is 29.9. The molecule has 40 heavy (non-hydrogen) atoms. The molecule has 2 aromatic rings. The lowest BCUT2D eigenvalue weighted by atomic mass is 9.95. The average molecular weight is 552 g/mol. The normalized spacial score (nSPS) is 13.2. The van der Waals surface area contributed by atoms with E-state index in [-0.39, 0.29) is 18.2 Å². The van der Waals surface area contributed by atoms with Gasteiger partial charge in [-0.05, 0) is 71.6 Å². The Hall–Kier alpha value is -3.35. The van der Waals surface area contributed by atoms with Crippen molar-refractivity contribution in [1.82, 2.24) is 15.5 Å². The molecule has 0 fully saturated rings. The Kier molecular flexibility index (Phi) is 12.2. The van der Waals surface area contributed by atoms with Crippen LogP contribution < -0.4 is 10.6 Å². The first-order valence-electron chi connectivity index (χ1n) is 14.4. The van der Waals surface area contributed by atoms with Crippen LogP contribution in [0.2, 0.25) is 0 Å². The summed E-state index contributed by atoms with van der Waals surface area (Å²) in [5, 5.41) is 5.93. The predicted molar refractivity (Wildman–Crippen MR) is 161 cm³/mol. The van der Waals surface area contributed by atoms with Gasteiger partial charge in [0.05, 0.1) is 0 Å². The number of aryl methyl sites for hydroxylation is 1. The van der Waals surface area contributed by atoms with Crippen LogP contribution in [0, 0.1) is 6.92 Å². The van der Waals surface area contributed by atoms with E-state index >= 15 is 0 Å². The number of hydrogen-bond donors (Lipinski definition) is 2. The zero-order valence-electron chi connectivity index (χ0n) is 25.7. The number of nitrogens with zero attached hydrogens (tertiary/aromatic N) is 1. The Morgan fingerprint density at radius 1 is 0.875 bits per heavy atom. The lowest BCUT2D eigenvalue weighted by molar-refractivity contribution is -0.143. The Bertz CT molecular complexity index is 1100. The van der Waals surface area contributed by atoms with Crippen LogP contribution >= 0.6 is 0 Å². The molecule has 0 aliphatic carbocycles. The third-order valence-corrected chi connectivity index (χ3v) is 6.35. The summed E-state index contributed by atoms with van der Waals surface area (Å²) in [4.78, 5) is 43.0. The van der Waals surface area contributed by atoms with Crippen molar-refractivity contribution in [2.24, 2.45) is 0 Å². The van der Waals surface area contributed by atoms with Crippen LogP contribution in [0.25, 0.3) is 0 Å². The van der Waals surface area contributed by atoms with Gasteiger partial charge in [-0.15, -0.1) is 0 Å². The highest BCUT2D eigenvalue weighted by atomic mass is 16.6. The summed E-state index contributed by atoms with van der Waals surface area (Å²) in [5.41, 5.74) is 1.37. The van der Waals surface area contributed by atoms with Crippen LogP contribution in [-0.2, 0) is 20.7 Å². The number of unbranched alkanes of at least 4 members (excludes halogenated alkanes) is 3. The third-order valence-electron chi connectivity index (χ3n) is 6.35. The fourth-order valence-electron chi connectivity index (χ4n) is 4.56. The monoisotopic (exact) mass is 551 g/mol. The van der Waals surface area contributed by atoms with Crippen molar-refractivity contribution in [2.75, 3.05) is 6.54 Å². The molecule has 0 aliphatic heterocycles. The summed E-state index contributed by atoms with van der Waals surface area (Å²) >= 11 is 0. The highest BCUT2D eigenvalue weighted by Gasteiger charge is 2.37. The van der Waals surface area contributed by atoms with Crippen molar-refractivity contribution in [2.45, 2.75) is 111 Å². The van der Waals surface area contributed by atoms with Gasteiger partial charge in [0.2, 0.25) is 11.8 Å². The van der Waals surface area contributed by atoms with E-state index < -0.39 is 29.3 Å². The van der Waals surface area contributed by atoms with Crippen molar-refractivity contribution in [3.8, 4) is 0 Å². The summed E-state index contributed by atoms with van der Waals surface area (Å²) < 4.78 is 5.53. The third kappa shape index (κ3) is 11.0. The van der Waals surface area contributed by atoms with E-state index in [9.17, 15) is 14.4 Å². The molecule has 2 atom stereocenters. The maximum Gasteiger partial charge on any atom is 0.408 e. The zero-order valence-corrected chi connectivity index (χ0v) is 25.7. The molecular formula is C33H49N3O4. The molecule has 2 unspecified atom stereocenters. The second-order valence-corrected chi connectivity index (χ2v) is 12.5. The van der Waals surface area contributed by atoms with Gasteiger partial charge in [0.1, 0.15) is 17.7 Å². The fourth-order valence-corrected chi connectivity index (χ4v) is 4.56. The van der Waals surface area contributed by atoms with Gasteiger partial charge in [-0.1, -0.05) is 80.8 Å². The van der Waals surface area contributed by atoms with Crippen LogP contribution in [0.4, 0.5) is 4.79 Å². The molecule has 2 N–H and O–H groups in total. The molecule has 0 spiro atoms. The van der Waals surface area contributed by atoms with Crippen LogP contribution in [0.5, 0.6) is 0 Å². The van der Waals surface area contributed by atoms with E-state index in [2.05, 4.69) is 17.6 Å². The van der Waals surface area contributed by atoms with Gasteiger partial charge in [-0.3, -0.25) is 9.59 Å². The summed E-state index contributed by atoms with van der Waals surface area (Å²) in [5.74, 6) is -0.565. The van der Waals surface area contributed by atoms with Crippen molar-refractivity contribution >= 4 is 17.9 Å². The molecule has 0 heterocycles. The first kappa shape index (κ1) is 32.9. The molecule has 0 radical (unpaired) electrons. The van der Waals surface area contributed by atoms with Crippen LogP contribution in [-0.4, -0.2) is 46.5 Å². The van der Waals surface area contributed by atoms with Gasteiger partial charge in [0, 0.05) is 18.5 Å². The summed E-state index contributed by atoms with van der Waals surface area (Å²) in [6.07, 6.45) is 3.37. The lowest BCUT2D eigenvalue weighted by Crippen LogP contribution is -2.55. The SMILES string of the molecule is CCCCCCN(C(=O)C(Cc1ccccc1)NC(=O)OC(C)(C)C)C(C(=O)NC(C)(C)C)c1ccccc1C. The van der Waals surface area contributed by atoms with E-state index in [4.69, 9.17) is 4.74 Å². The minimum Gasteiger partial charge on any atom is -0.444 e. The molecule has 0 bridgehead atoms. The number of nitrogens with one attached hydrogen (secondary N) is 2. The summed E-state index contributed by atoms with van der Waals surface area (Å²) in [6, 6.07) is 15.5. The van der Waals surface area contributed by atoms with Crippen LogP contribution in [0.3, 0.4) is 0 Å². The first-order chi connectivity index (χ1) is 18.7. The number of alkyl carbamates (subject to hydrolysis) is 1. The van der Waals surface area contributed by atoms with Gasteiger partial charge in [0.25, 0.3) is 0 Å². The molecule has 7 heteroatoms. The van der Waals surface area contributed by atoms with Crippen molar-refractivity contribution in [3.63, 3.8) is 0 Å². The molecule has 7 nitrogen and oxygen atoms in total. The number of carbonyl (C=O) groups is 3. The van der Waals surface area contributed by atoms with Gasteiger partial charge in [-0.25, -0.2) is 4.79 Å². The number of ether oxygens (including phenoxy) is 1. The Morgan fingerprint density at radius 3 is 2.08 bits per heavy atom. The molecule has 0 saturated heterocycles. The van der Waals surface area contributed by atoms with E-state index in [0.717, 1.165) is 42.4 Å².